The van der Waals surface area contributed by atoms with E-state index in [1.165, 1.54) is 46.0 Å². The second kappa shape index (κ2) is 7.38. The molecule has 0 saturated heterocycles. The first-order chi connectivity index (χ1) is 15.1. The molecule has 0 aliphatic heterocycles. The van der Waals surface area contributed by atoms with Gasteiger partial charge >= 0.3 is 0 Å². The third-order valence-electron chi connectivity index (χ3n) is 4.74. The Morgan fingerprint density at radius 3 is 2.35 bits per heavy atom. The fraction of sp³-hybridized carbons (Fsp3) is 0. The molecule has 8 nitrogen and oxygen atoms in total. The summed E-state index contributed by atoms with van der Waals surface area (Å²) < 4.78 is 19.0. The van der Waals surface area contributed by atoms with Crippen LogP contribution in [0.3, 0.4) is 0 Å². The molecule has 9 heteroatoms. The highest BCUT2D eigenvalue weighted by Crippen LogP contribution is 2.22. The molecule has 0 saturated carbocycles. The minimum Gasteiger partial charge on any atom is -0.493 e. The van der Waals surface area contributed by atoms with E-state index in [4.69, 9.17) is 0 Å². The van der Waals surface area contributed by atoms with Gasteiger partial charge in [-0.1, -0.05) is 18.2 Å². The maximum Gasteiger partial charge on any atom is 0.214 e. The van der Waals surface area contributed by atoms with E-state index in [1.807, 2.05) is 30.3 Å². The molecule has 0 fully saturated rings. The summed E-state index contributed by atoms with van der Waals surface area (Å²) in [6.45, 7) is 0. The largest absolute Gasteiger partial charge is 0.493 e. The van der Waals surface area contributed by atoms with Crippen LogP contribution >= 0.6 is 0 Å². The summed E-state index contributed by atoms with van der Waals surface area (Å²) in [7, 11) is 0. The summed E-state index contributed by atoms with van der Waals surface area (Å²) in [6.07, 6.45) is 4.39. The van der Waals surface area contributed by atoms with Gasteiger partial charge < -0.3 is 5.11 Å². The van der Waals surface area contributed by atoms with E-state index in [0.29, 0.717) is 11.4 Å². The average Bonchev–Trinajstić information content (AvgIpc) is 3.44. The summed E-state index contributed by atoms with van der Waals surface area (Å²) in [5, 5.41) is 22.4. The van der Waals surface area contributed by atoms with Gasteiger partial charge in [0, 0.05) is 24.4 Å². The van der Waals surface area contributed by atoms with E-state index in [0.717, 1.165) is 5.69 Å². The van der Waals surface area contributed by atoms with E-state index < -0.39 is 5.82 Å². The molecule has 0 atom stereocenters. The smallest absolute Gasteiger partial charge is 0.214 e. The summed E-state index contributed by atoms with van der Waals surface area (Å²) >= 11 is 0. The third-order valence-corrected chi connectivity index (χ3v) is 4.74. The zero-order valence-corrected chi connectivity index (χ0v) is 16.0. The number of hydrogen-bond donors (Lipinski definition) is 1. The molecule has 0 aliphatic carbocycles. The number of para-hydroxylation sites is 1. The predicted octanol–water partition coefficient (Wildman–Crippen LogP) is 3.12. The Hall–Kier alpha value is -4.53. The molecule has 5 rings (SSSR count). The molecule has 0 spiro atoms. The zero-order chi connectivity index (χ0) is 21.4. The number of hydrogen-bond acceptors (Lipinski definition) is 5. The molecule has 2 aromatic carbocycles. The van der Waals surface area contributed by atoms with Crippen molar-refractivity contribution >= 4 is 0 Å². The van der Waals surface area contributed by atoms with Crippen molar-refractivity contribution in [3.63, 3.8) is 0 Å². The SMILES string of the molecule is O=c1ccn(-c2ccc(-n3nccc3O)cc2F)nc1-c1ccnn1-c1ccccc1. The van der Waals surface area contributed by atoms with Gasteiger partial charge in [-0.05, 0) is 30.3 Å². The van der Waals surface area contributed by atoms with Gasteiger partial charge in [0.05, 0.1) is 29.5 Å². The topological polar surface area (TPSA) is 90.8 Å². The molecule has 0 aliphatic rings. The fourth-order valence-electron chi connectivity index (χ4n) is 3.29. The van der Waals surface area contributed by atoms with Gasteiger partial charge in [0.2, 0.25) is 11.3 Å². The van der Waals surface area contributed by atoms with E-state index in [-0.39, 0.29) is 22.7 Å². The molecule has 0 unspecified atom stereocenters. The Kier molecular flexibility index (Phi) is 4.40. The van der Waals surface area contributed by atoms with Crippen molar-refractivity contribution in [2.75, 3.05) is 0 Å². The minimum atomic E-state index is -0.592. The molecule has 3 heterocycles. The second-order valence-corrected chi connectivity index (χ2v) is 6.67. The van der Waals surface area contributed by atoms with Crippen molar-refractivity contribution in [3.8, 4) is 34.3 Å². The molecule has 0 radical (unpaired) electrons. The Balaban J connectivity index is 1.59. The number of benzene rings is 2. The average molecular weight is 414 g/mol. The van der Waals surface area contributed by atoms with Crippen LogP contribution in [0, 0.1) is 5.82 Å². The first-order valence-electron chi connectivity index (χ1n) is 9.35. The van der Waals surface area contributed by atoms with Gasteiger partial charge in [-0.2, -0.15) is 15.3 Å². The number of aromatic nitrogens is 6. The molecular weight excluding hydrogens is 399 g/mol. The molecular formula is C22H15FN6O2. The maximum absolute atomic E-state index is 14.9. The van der Waals surface area contributed by atoms with Gasteiger partial charge in [-0.25, -0.2) is 18.4 Å². The molecule has 31 heavy (non-hydrogen) atoms. The van der Waals surface area contributed by atoms with E-state index in [1.54, 1.807) is 23.0 Å². The summed E-state index contributed by atoms with van der Waals surface area (Å²) in [5.74, 6) is -0.698. The number of rotatable bonds is 4. The van der Waals surface area contributed by atoms with E-state index in [9.17, 15) is 14.3 Å². The lowest BCUT2D eigenvalue weighted by atomic mass is 10.2. The van der Waals surface area contributed by atoms with Crippen LogP contribution in [-0.4, -0.2) is 34.4 Å². The highest BCUT2D eigenvalue weighted by molar-refractivity contribution is 5.57. The normalized spacial score (nSPS) is 11.0. The van der Waals surface area contributed by atoms with Gasteiger partial charge in [0.1, 0.15) is 5.69 Å². The lowest BCUT2D eigenvalue weighted by Gasteiger charge is -2.11. The lowest BCUT2D eigenvalue weighted by Crippen LogP contribution is -2.15. The number of halogens is 1. The van der Waals surface area contributed by atoms with Gasteiger partial charge in [-0.15, -0.1) is 0 Å². The maximum atomic E-state index is 14.9. The van der Waals surface area contributed by atoms with Crippen LogP contribution < -0.4 is 5.43 Å². The third kappa shape index (κ3) is 3.27. The second-order valence-electron chi connectivity index (χ2n) is 6.67. The molecule has 0 bridgehead atoms. The fourth-order valence-corrected chi connectivity index (χ4v) is 3.29. The Bertz CT molecular complexity index is 1440. The number of aromatic hydroxyl groups is 1. The van der Waals surface area contributed by atoms with Crippen LogP contribution in [0.4, 0.5) is 4.39 Å². The first-order valence-corrected chi connectivity index (χ1v) is 9.35. The Morgan fingerprint density at radius 1 is 0.839 bits per heavy atom. The number of nitrogens with zero attached hydrogens (tertiary/aromatic N) is 6. The van der Waals surface area contributed by atoms with Crippen molar-refractivity contribution in [3.05, 3.63) is 101 Å². The van der Waals surface area contributed by atoms with Crippen molar-refractivity contribution in [1.29, 1.82) is 0 Å². The zero-order valence-electron chi connectivity index (χ0n) is 16.0. The monoisotopic (exact) mass is 414 g/mol. The van der Waals surface area contributed by atoms with Crippen molar-refractivity contribution in [1.82, 2.24) is 29.3 Å². The van der Waals surface area contributed by atoms with Crippen LogP contribution in [0.15, 0.2) is 90.1 Å². The summed E-state index contributed by atoms with van der Waals surface area (Å²) in [5.41, 5.74) is 1.58. The summed E-state index contributed by atoms with van der Waals surface area (Å²) in [6, 6.07) is 18.1. The summed E-state index contributed by atoms with van der Waals surface area (Å²) in [4.78, 5) is 12.6. The van der Waals surface area contributed by atoms with Crippen LogP contribution in [0.5, 0.6) is 5.88 Å². The molecule has 1 N–H and O–H groups in total. The molecule has 0 amide bonds. The van der Waals surface area contributed by atoms with E-state index in [2.05, 4.69) is 15.3 Å². The lowest BCUT2D eigenvalue weighted by molar-refractivity contribution is 0.433. The predicted molar refractivity (Wildman–Crippen MR) is 111 cm³/mol. The Labute approximate surface area is 175 Å². The highest BCUT2D eigenvalue weighted by Gasteiger charge is 2.15. The van der Waals surface area contributed by atoms with Crippen molar-refractivity contribution < 1.29 is 9.50 Å². The van der Waals surface area contributed by atoms with Gasteiger partial charge in [0.15, 0.2) is 11.5 Å². The van der Waals surface area contributed by atoms with E-state index >= 15 is 0 Å². The quantitative estimate of drug-likeness (QED) is 0.488. The van der Waals surface area contributed by atoms with Crippen LogP contribution in [0.2, 0.25) is 0 Å². The van der Waals surface area contributed by atoms with Crippen LogP contribution in [0.25, 0.3) is 28.5 Å². The first kappa shape index (κ1) is 18.5. The molecule has 3 aromatic heterocycles. The standard InChI is InChI=1S/C22H15FN6O2/c23-17-14-16(29-21(31)9-12-25-29)6-7-18(17)27-13-10-20(30)22(26-27)19-8-11-24-28(19)15-4-2-1-3-5-15/h1-14,31H. The molecule has 152 valence electrons. The molecule has 5 aromatic rings. The van der Waals surface area contributed by atoms with Crippen LogP contribution in [0.1, 0.15) is 0 Å². The van der Waals surface area contributed by atoms with Crippen LogP contribution in [-0.2, 0) is 0 Å². The minimum absolute atomic E-state index is 0.106. The van der Waals surface area contributed by atoms with Gasteiger partial charge in [-0.3, -0.25) is 4.79 Å². The Morgan fingerprint density at radius 2 is 1.61 bits per heavy atom. The van der Waals surface area contributed by atoms with Crippen molar-refractivity contribution in [2.45, 2.75) is 0 Å². The highest BCUT2D eigenvalue weighted by atomic mass is 19.1. The van der Waals surface area contributed by atoms with Gasteiger partial charge in [0.25, 0.3) is 0 Å². The van der Waals surface area contributed by atoms with Crippen molar-refractivity contribution in [2.24, 2.45) is 0 Å².